The van der Waals surface area contributed by atoms with E-state index in [2.05, 4.69) is 21.6 Å². The fourth-order valence-electron chi connectivity index (χ4n) is 2.96. The molecule has 1 saturated carbocycles. The van der Waals surface area contributed by atoms with Gasteiger partial charge in [0.05, 0.1) is 0 Å². The number of anilines is 1. The lowest BCUT2D eigenvalue weighted by Gasteiger charge is -2.26. The van der Waals surface area contributed by atoms with E-state index in [1.807, 2.05) is 26.0 Å². The van der Waals surface area contributed by atoms with Crippen LogP contribution in [0.4, 0.5) is 5.69 Å². The first-order chi connectivity index (χ1) is 11.5. The molecule has 0 spiro atoms. The number of hydrogen-bond donors (Lipinski definition) is 2. The largest absolute Gasteiger partial charge is 0.328 e. The lowest BCUT2D eigenvalue weighted by atomic mass is 9.85. The smallest absolute Gasteiger partial charge is 0.227 e. The third kappa shape index (κ3) is 5.41. The van der Waals surface area contributed by atoms with E-state index in [9.17, 15) is 4.79 Å². The number of aromatic nitrogens is 2. The Labute approximate surface area is 162 Å². The molecule has 1 aliphatic carbocycles. The monoisotopic (exact) mass is 398 g/mol. The number of amides is 1. The Morgan fingerprint density at radius 3 is 2.76 bits per heavy atom. The molecule has 1 amide bonds. The van der Waals surface area contributed by atoms with Crippen molar-refractivity contribution in [2.24, 2.45) is 11.7 Å². The van der Waals surface area contributed by atoms with Gasteiger partial charge in [-0.25, -0.2) is 0 Å². The number of carbonyl (C=O) groups is 1. The summed E-state index contributed by atoms with van der Waals surface area (Å²) in [5.74, 6) is 0.125. The van der Waals surface area contributed by atoms with Crippen LogP contribution in [0.1, 0.15) is 36.3 Å². The molecule has 3 N–H and O–H groups in total. The van der Waals surface area contributed by atoms with Gasteiger partial charge in [0.15, 0.2) is 4.34 Å². The summed E-state index contributed by atoms with van der Waals surface area (Å²) in [7, 11) is 0. The molecule has 8 heteroatoms. The summed E-state index contributed by atoms with van der Waals surface area (Å²) < 4.78 is 0.930. The van der Waals surface area contributed by atoms with E-state index in [0.717, 1.165) is 51.2 Å². The molecule has 0 radical (unpaired) electrons. The highest BCUT2D eigenvalue weighted by Gasteiger charge is 2.25. The van der Waals surface area contributed by atoms with Crippen LogP contribution in [0, 0.1) is 19.8 Å². The molecule has 3 rings (SSSR count). The van der Waals surface area contributed by atoms with Gasteiger partial charge in [-0.15, -0.1) is 22.6 Å². The first kappa shape index (κ1) is 20.2. The molecular formula is C17H23ClN4OS2. The van der Waals surface area contributed by atoms with Crippen molar-refractivity contribution in [2.45, 2.75) is 54.8 Å². The molecule has 1 heterocycles. The predicted octanol–water partition coefficient (Wildman–Crippen LogP) is 4.18. The van der Waals surface area contributed by atoms with Crippen molar-refractivity contribution in [3.05, 3.63) is 28.8 Å². The second kappa shape index (κ2) is 8.98. The maximum absolute atomic E-state index is 12.5. The van der Waals surface area contributed by atoms with E-state index in [1.165, 1.54) is 0 Å². The topological polar surface area (TPSA) is 80.9 Å². The van der Waals surface area contributed by atoms with E-state index < -0.39 is 0 Å². The zero-order valence-corrected chi connectivity index (χ0v) is 16.8. The average molecular weight is 399 g/mol. The van der Waals surface area contributed by atoms with Crippen molar-refractivity contribution in [2.75, 3.05) is 5.32 Å². The first-order valence-electron chi connectivity index (χ1n) is 8.16. The molecule has 0 aliphatic heterocycles. The number of hydrogen-bond acceptors (Lipinski definition) is 6. The van der Waals surface area contributed by atoms with Gasteiger partial charge in [0.25, 0.3) is 0 Å². The Morgan fingerprint density at radius 1 is 1.32 bits per heavy atom. The summed E-state index contributed by atoms with van der Waals surface area (Å²) in [6.45, 7) is 3.96. The summed E-state index contributed by atoms with van der Waals surface area (Å²) in [6, 6.07) is 6.21. The van der Waals surface area contributed by atoms with Gasteiger partial charge >= 0.3 is 0 Å². The Kier molecular flexibility index (Phi) is 7.25. The van der Waals surface area contributed by atoms with Crippen LogP contribution in [0.2, 0.25) is 0 Å². The van der Waals surface area contributed by atoms with E-state index in [-0.39, 0.29) is 30.3 Å². The van der Waals surface area contributed by atoms with Crippen LogP contribution in [-0.2, 0) is 4.79 Å². The molecule has 2 atom stereocenters. The van der Waals surface area contributed by atoms with Crippen molar-refractivity contribution in [1.29, 1.82) is 0 Å². The third-order valence-corrected chi connectivity index (χ3v) is 6.13. The zero-order valence-electron chi connectivity index (χ0n) is 14.3. The molecule has 25 heavy (non-hydrogen) atoms. The maximum atomic E-state index is 12.5. The summed E-state index contributed by atoms with van der Waals surface area (Å²) in [5.41, 5.74) is 7.91. The fourth-order valence-corrected chi connectivity index (χ4v) is 4.85. The van der Waals surface area contributed by atoms with E-state index in [4.69, 9.17) is 5.73 Å². The number of halogens is 1. The van der Waals surface area contributed by atoms with Gasteiger partial charge in [-0.1, -0.05) is 29.5 Å². The van der Waals surface area contributed by atoms with Gasteiger partial charge in [0.2, 0.25) is 5.91 Å². The molecule has 2 aromatic rings. The molecule has 0 bridgehead atoms. The van der Waals surface area contributed by atoms with Crippen molar-refractivity contribution in [3.8, 4) is 0 Å². The Morgan fingerprint density at radius 2 is 2.12 bits per heavy atom. The standard InChI is InChI=1S/C17H22N4OS2.ClH/c1-10-8-14(24-17-21-20-11(2)23-17)6-7-15(10)19-16(22)12-4-3-5-13(18)9-12;/h6-8,12-13H,3-5,9,18H2,1-2H3,(H,19,22);1H. The molecule has 5 nitrogen and oxygen atoms in total. The number of aryl methyl sites for hydroxylation is 2. The molecule has 136 valence electrons. The molecule has 1 aromatic heterocycles. The van der Waals surface area contributed by atoms with Gasteiger partial charge in [-0.2, -0.15) is 0 Å². The van der Waals surface area contributed by atoms with E-state index in [1.54, 1.807) is 23.1 Å². The van der Waals surface area contributed by atoms with Crippen molar-refractivity contribution < 1.29 is 4.79 Å². The Bertz CT molecular complexity index is 737. The van der Waals surface area contributed by atoms with Gasteiger partial charge in [0, 0.05) is 22.5 Å². The van der Waals surface area contributed by atoms with Crippen LogP contribution < -0.4 is 11.1 Å². The number of nitrogens with zero attached hydrogens (tertiary/aromatic N) is 2. The lowest BCUT2D eigenvalue weighted by molar-refractivity contribution is -0.120. The normalized spacial score (nSPS) is 20.0. The molecular weight excluding hydrogens is 376 g/mol. The maximum Gasteiger partial charge on any atom is 0.227 e. The second-order valence-corrected chi connectivity index (χ2v) is 8.78. The summed E-state index contributed by atoms with van der Waals surface area (Å²) >= 11 is 3.18. The highest BCUT2D eigenvalue weighted by molar-refractivity contribution is 8.01. The summed E-state index contributed by atoms with van der Waals surface area (Å²) in [4.78, 5) is 13.6. The van der Waals surface area contributed by atoms with E-state index >= 15 is 0 Å². The highest BCUT2D eigenvalue weighted by Crippen LogP contribution is 2.32. The van der Waals surface area contributed by atoms with Crippen LogP contribution in [0.15, 0.2) is 27.4 Å². The Hall–Kier alpha value is -1.15. The minimum atomic E-state index is 0. The zero-order chi connectivity index (χ0) is 17.1. The highest BCUT2D eigenvalue weighted by atomic mass is 35.5. The van der Waals surface area contributed by atoms with Crippen LogP contribution in [0.25, 0.3) is 0 Å². The van der Waals surface area contributed by atoms with E-state index in [0.29, 0.717) is 0 Å². The predicted molar refractivity (Wildman–Crippen MR) is 106 cm³/mol. The van der Waals surface area contributed by atoms with Gasteiger partial charge in [-0.05, 0) is 56.9 Å². The first-order valence-corrected chi connectivity index (χ1v) is 9.79. The van der Waals surface area contributed by atoms with Crippen LogP contribution in [0.3, 0.4) is 0 Å². The summed E-state index contributed by atoms with van der Waals surface area (Å²) in [6.07, 6.45) is 3.78. The second-order valence-electron chi connectivity index (χ2n) is 6.28. The van der Waals surface area contributed by atoms with Crippen molar-refractivity contribution >= 4 is 47.1 Å². The van der Waals surface area contributed by atoms with Gasteiger partial charge < -0.3 is 11.1 Å². The molecule has 2 unspecified atom stereocenters. The molecule has 1 aromatic carbocycles. The van der Waals surface area contributed by atoms with Gasteiger partial charge in [0.1, 0.15) is 5.01 Å². The van der Waals surface area contributed by atoms with Crippen molar-refractivity contribution in [1.82, 2.24) is 10.2 Å². The summed E-state index contributed by atoms with van der Waals surface area (Å²) in [5, 5.41) is 12.2. The van der Waals surface area contributed by atoms with Crippen LogP contribution >= 0.6 is 35.5 Å². The average Bonchev–Trinajstić information content (AvgIpc) is 2.95. The van der Waals surface area contributed by atoms with Crippen molar-refractivity contribution in [3.63, 3.8) is 0 Å². The number of benzene rings is 1. The molecule has 1 aliphatic rings. The molecule has 0 saturated heterocycles. The lowest BCUT2D eigenvalue weighted by Crippen LogP contribution is -2.34. The van der Waals surface area contributed by atoms with Gasteiger partial charge in [-0.3, -0.25) is 4.79 Å². The Balaban J connectivity index is 0.00000225. The third-order valence-electron chi connectivity index (χ3n) is 4.25. The number of nitrogens with two attached hydrogens (primary N) is 1. The number of rotatable bonds is 4. The van der Waals surface area contributed by atoms with Crippen LogP contribution in [-0.4, -0.2) is 22.1 Å². The molecule has 1 fully saturated rings. The SMILES string of the molecule is Cc1nnc(Sc2ccc(NC(=O)C3CCCC(N)C3)c(C)c2)s1.Cl. The fraction of sp³-hybridized carbons (Fsp3) is 0.471. The van der Waals surface area contributed by atoms with Crippen LogP contribution in [0.5, 0.6) is 0 Å². The quantitative estimate of drug-likeness (QED) is 0.807. The number of nitrogens with one attached hydrogen (secondary N) is 1. The minimum absolute atomic E-state index is 0. The number of carbonyl (C=O) groups excluding carboxylic acids is 1. The minimum Gasteiger partial charge on any atom is -0.328 e.